The molecule has 7 N–H and O–H groups in total. The summed E-state index contributed by atoms with van der Waals surface area (Å²) in [4.78, 5) is 35.0. The maximum atomic E-state index is 14.8. The number of carbonyl (C=O) groups is 2. The highest BCUT2D eigenvalue weighted by Crippen LogP contribution is 2.34. The minimum Gasteiger partial charge on any atom is -0.488 e. The summed E-state index contributed by atoms with van der Waals surface area (Å²) in [5.74, 6) is -0.158. The zero-order chi connectivity index (χ0) is 28.9. The molecule has 12 heteroatoms. The van der Waals surface area contributed by atoms with E-state index in [-0.39, 0.29) is 42.3 Å². The molecule has 4 unspecified atom stereocenters. The molecule has 0 spiro atoms. The van der Waals surface area contributed by atoms with Gasteiger partial charge in [-0.15, -0.1) is 0 Å². The highest BCUT2D eigenvalue weighted by Gasteiger charge is 2.42. The largest absolute Gasteiger partial charge is 0.488 e. The lowest BCUT2D eigenvalue weighted by Gasteiger charge is -2.41. The Labute approximate surface area is 242 Å². The Kier molecular flexibility index (Phi) is 10.1. The molecule has 4 aliphatic rings. The Bertz CT molecular complexity index is 1030. The van der Waals surface area contributed by atoms with E-state index in [0.29, 0.717) is 11.4 Å². The summed E-state index contributed by atoms with van der Waals surface area (Å²) in [6.45, 7) is 3.57. The van der Waals surface area contributed by atoms with Crippen LogP contribution in [-0.2, 0) is 9.59 Å². The second kappa shape index (κ2) is 13.7. The van der Waals surface area contributed by atoms with E-state index in [1.54, 1.807) is 18.5 Å². The molecule has 3 heterocycles. The normalized spacial score (nSPS) is 30.8. The van der Waals surface area contributed by atoms with Gasteiger partial charge in [-0.05, 0) is 51.5 Å². The summed E-state index contributed by atoms with van der Waals surface area (Å²) in [7, 11) is 2.08. The Morgan fingerprint density at radius 1 is 1.10 bits per heavy atom. The Morgan fingerprint density at radius 2 is 1.80 bits per heavy atom. The van der Waals surface area contributed by atoms with Gasteiger partial charge in [-0.3, -0.25) is 25.2 Å². The van der Waals surface area contributed by atoms with Gasteiger partial charge in [0.2, 0.25) is 11.8 Å². The lowest BCUT2D eigenvalue weighted by Crippen LogP contribution is -2.68. The molecule has 0 bridgehead atoms. The first-order valence-electron chi connectivity index (χ1n) is 15.3. The number of aromatic nitrogens is 1. The molecule has 4 fully saturated rings. The number of hydrogen-bond acceptors (Lipinski definition) is 9. The third-order valence-corrected chi connectivity index (χ3v) is 9.45. The molecular formula is C29H47FN8O3. The number of rotatable bonds is 8. The van der Waals surface area contributed by atoms with Crippen molar-refractivity contribution in [2.24, 2.45) is 29.2 Å². The zero-order valence-corrected chi connectivity index (χ0v) is 24.1. The highest BCUT2D eigenvalue weighted by atomic mass is 19.1. The van der Waals surface area contributed by atoms with Crippen LogP contribution in [0, 0.1) is 17.8 Å². The Hall–Kier alpha value is -2.38. The number of halogens is 1. The van der Waals surface area contributed by atoms with Crippen molar-refractivity contribution in [2.45, 2.75) is 82.0 Å². The van der Waals surface area contributed by atoms with E-state index >= 15 is 0 Å². The fourth-order valence-corrected chi connectivity index (χ4v) is 6.95. The molecule has 1 aromatic heterocycles. The molecule has 1 aromatic rings. The van der Waals surface area contributed by atoms with Crippen LogP contribution in [0.4, 0.5) is 10.1 Å². The summed E-state index contributed by atoms with van der Waals surface area (Å²) in [6, 6.07) is 1.41. The second-order valence-corrected chi connectivity index (χ2v) is 12.3. The predicted molar refractivity (Wildman–Crippen MR) is 155 cm³/mol. The monoisotopic (exact) mass is 574 g/mol. The Morgan fingerprint density at radius 3 is 2.49 bits per heavy atom. The van der Waals surface area contributed by atoms with Gasteiger partial charge in [0.05, 0.1) is 30.6 Å². The summed E-state index contributed by atoms with van der Waals surface area (Å²) in [6.07, 6.45) is 7.83. The van der Waals surface area contributed by atoms with Gasteiger partial charge in [0.25, 0.3) is 0 Å². The molecular weight excluding hydrogens is 527 g/mol. The number of carbonyl (C=O) groups excluding carboxylic acids is 2. The minimum atomic E-state index is -1.03. The molecule has 228 valence electrons. The SMILES string of the molecule is CN1CCN(C(=O)C2CCC(Oc3ccncc3NC(=O)C(C(N)N)C3NCC(F)C(C4CCCC4)N3)CC2)CC1. The van der Waals surface area contributed by atoms with Crippen LogP contribution < -0.4 is 32.2 Å². The summed E-state index contributed by atoms with van der Waals surface area (Å²) < 4.78 is 21.1. The molecule has 2 amide bonds. The zero-order valence-electron chi connectivity index (χ0n) is 24.1. The van der Waals surface area contributed by atoms with Gasteiger partial charge in [0, 0.05) is 56.9 Å². The van der Waals surface area contributed by atoms with Crippen molar-refractivity contribution in [1.29, 1.82) is 0 Å². The number of likely N-dealkylation sites (N-methyl/N-ethyl adjacent to an activating group) is 1. The molecule has 0 radical (unpaired) electrons. The summed E-state index contributed by atoms with van der Waals surface area (Å²) in [5.41, 5.74) is 12.6. The first kappa shape index (κ1) is 30.1. The molecule has 4 atom stereocenters. The first-order valence-corrected chi connectivity index (χ1v) is 15.3. The lowest BCUT2D eigenvalue weighted by atomic mass is 9.86. The van der Waals surface area contributed by atoms with Gasteiger partial charge in [0.15, 0.2) is 0 Å². The van der Waals surface area contributed by atoms with Crippen LogP contribution in [-0.4, -0.2) is 97.0 Å². The number of ether oxygens (including phenoxy) is 1. The number of hydrogen-bond donors (Lipinski definition) is 5. The van der Waals surface area contributed by atoms with E-state index in [9.17, 15) is 14.0 Å². The smallest absolute Gasteiger partial charge is 0.233 e. The molecule has 5 rings (SSSR count). The average Bonchev–Trinajstić information content (AvgIpc) is 3.50. The number of pyridine rings is 1. The van der Waals surface area contributed by atoms with Gasteiger partial charge in [0.1, 0.15) is 17.6 Å². The number of anilines is 1. The fraction of sp³-hybridized carbons (Fsp3) is 0.759. The molecule has 11 nitrogen and oxygen atoms in total. The standard InChI is InChI=1S/C29H47FN8O3/c1-37-12-14-38(15-13-37)29(40)19-6-8-20(9-7-19)41-23-10-11-33-17-22(23)35-28(39)24(26(31)32)27-34-16-21(30)25(36-27)18-4-2-3-5-18/h10-11,17-21,24-27,34,36H,2-9,12-16,31-32H2,1H3,(H,35,39). The van der Waals surface area contributed by atoms with Crippen molar-refractivity contribution in [3.8, 4) is 5.75 Å². The van der Waals surface area contributed by atoms with Crippen LogP contribution in [0.3, 0.4) is 0 Å². The van der Waals surface area contributed by atoms with E-state index in [2.05, 4.69) is 32.9 Å². The molecule has 2 aliphatic heterocycles. The van der Waals surface area contributed by atoms with E-state index < -0.39 is 24.4 Å². The lowest BCUT2D eigenvalue weighted by molar-refractivity contribution is -0.138. The van der Waals surface area contributed by atoms with Crippen molar-refractivity contribution in [3.63, 3.8) is 0 Å². The van der Waals surface area contributed by atoms with Gasteiger partial charge < -0.3 is 31.3 Å². The number of nitrogens with zero attached hydrogens (tertiary/aromatic N) is 3. The number of amides is 2. The van der Waals surface area contributed by atoms with Crippen LogP contribution in [0.15, 0.2) is 18.5 Å². The molecule has 2 saturated heterocycles. The summed E-state index contributed by atoms with van der Waals surface area (Å²) >= 11 is 0. The van der Waals surface area contributed by atoms with Crippen LogP contribution in [0.5, 0.6) is 5.75 Å². The average molecular weight is 575 g/mol. The second-order valence-electron chi connectivity index (χ2n) is 12.3. The van der Waals surface area contributed by atoms with Crippen molar-refractivity contribution in [3.05, 3.63) is 18.5 Å². The summed E-state index contributed by atoms with van der Waals surface area (Å²) in [5, 5.41) is 9.35. The van der Waals surface area contributed by atoms with E-state index in [0.717, 1.165) is 77.5 Å². The van der Waals surface area contributed by atoms with Crippen molar-refractivity contribution in [1.82, 2.24) is 25.4 Å². The van der Waals surface area contributed by atoms with Gasteiger partial charge in [-0.25, -0.2) is 4.39 Å². The van der Waals surface area contributed by atoms with Crippen LogP contribution >= 0.6 is 0 Å². The van der Waals surface area contributed by atoms with Crippen LogP contribution in [0.1, 0.15) is 51.4 Å². The van der Waals surface area contributed by atoms with E-state index in [1.165, 1.54) is 0 Å². The number of nitrogens with two attached hydrogens (primary N) is 2. The van der Waals surface area contributed by atoms with E-state index in [4.69, 9.17) is 16.2 Å². The molecule has 2 aliphatic carbocycles. The number of piperazine rings is 1. The van der Waals surface area contributed by atoms with Gasteiger partial charge in [-0.1, -0.05) is 12.8 Å². The van der Waals surface area contributed by atoms with Crippen molar-refractivity contribution < 1.29 is 18.7 Å². The van der Waals surface area contributed by atoms with Crippen molar-refractivity contribution in [2.75, 3.05) is 45.1 Å². The molecule has 0 aromatic carbocycles. The first-order chi connectivity index (χ1) is 19.8. The predicted octanol–water partition coefficient (Wildman–Crippen LogP) is 1.01. The van der Waals surface area contributed by atoms with E-state index in [1.807, 2.05) is 4.90 Å². The topological polar surface area (TPSA) is 151 Å². The van der Waals surface area contributed by atoms with Crippen LogP contribution in [0.25, 0.3) is 0 Å². The third-order valence-electron chi connectivity index (χ3n) is 9.45. The van der Waals surface area contributed by atoms with Gasteiger partial charge in [-0.2, -0.15) is 0 Å². The van der Waals surface area contributed by atoms with Crippen molar-refractivity contribution >= 4 is 17.5 Å². The molecule has 41 heavy (non-hydrogen) atoms. The van der Waals surface area contributed by atoms with Crippen LogP contribution in [0.2, 0.25) is 0 Å². The minimum absolute atomic E-state index is 0.0362. The number of alkyl halides is 1. The molecule has 2 saturated carbocycles. The maximum absolute atomic E-state index is 14.8. The quantitative estimate of drug-likeness (QED) is 0.287. The third kappa shape index (κ3) is 7.34. The number of nitrogens with one attached hydrogen (secondary N) is 3. The van der Waals surface area contributed by atoms with Gasteiger partial charge >= 0.3 is 0 Å². The maximum Gasteiger partial charge on any atom is 0.233 e. The highest BCUT2D eigenvalue weighted by molar-refractivity contribution is 5.94. The fourth-order valence-electron chi connectivity index (χ4n) is 6.95. The Balaban J connectivity index is 1.17.